The number of aromatic nitrogens is 2. The molecule has 0 aliphatic rings. The molecule has 3 nitrogen and oxygen atoms in total. The lowest BCUT2D eigenvalue weighted by Crippen LogP contribution is -2.27. The molecule has 2 rings (SSSR count). The fraction of sp³-hybridized carbons (Fsp3) is 0.500. The van der Waals surface area contributed by atoms with Gasteiger partial charge in [0.05, 0.1) is 11.4 Å². The Morgan fingerprint density at radius 2 is 1.95 bits per heavy atom. The van der Waals surface area contributed by atoms with Gasteiger partial charge in [0.2, 0.25) is 0 Å². The van der Waals surface area contributed by atoms with Crippen molar-refractivity contribution >= 4 is 22.6 Å². The van der Waals surface area contributed by atoms with Crippen LogP contribution in [0.5, 0.6) is 0 Å². The van der Waals surface area contributed by atoms with E-state index in [0.717, 1.165) is 25.7 Å². The summed E-state index contributed by atoms with van der Waals surface area (Å²) in [5.74, 6) is -0.500. The molecule has 0 fully saturated rings. The minimum atomic E-state index is -0.645. The number of halogens is 3. The number of hydrogen-bond donors (Lipinski definition) is 0. The lowest BCUT2D eigenvalue weighted by atomic mass is 10.3. The highest BCUT2D eigenvalue weighted by molar-refractivity contribution is 6.16. The Balaban J connectivity index is 2.39. The van der Waals surface area contributed by atoms with Crippen LogP contribution in [0, 0.1) is 11.6 Å². The number of alkyl halides is 1. The van der Waals surface area contributed by atoms with Crippen LogP contribution in [0.4, 0.5) is 8.78 Å². The third kappa shape index (κ3) is 2.94. The lowest BCUT2D eigenvalue weighted by Gasteiger charge is -2.19. The van der Waals surface area contributed by atoms with E-state index in [9.17, 15) is 8.78 Å². The smallest absolute Gasteiger partial charge is 0.153 e. The maximum Gasteiger partial charge on any atom is 0.153 e. The Bertz CT molecular complexity index is 594. The van der Waals surface area contributed by atoms with Crippen LogP contribution in [0.15, 0.2) is 12.1 Å². The van der Waals surface area contributed by atoms with E-state index in [0.29, 0.717) is 17.9 Å². The first kappa shape index (κ1) is 15.2. The zero-order chi connectivity index (χ0) is 14.7. The van der Waals surface area contributed by atoms with E-state index in [4.69, 9.17) is 11.6 Å². The van der Waals surface area contributed by atoms with Crippen LogP contribution in [0.2, 0.25) is 0 Å². The van der Waals surface area contributed by atoms with Gasteiger partial charge in [-0.15, -0.1) is 11.6 Å². The van der Waals surface area contributed by atoms with E-state index in [1.54, 1.807) is 4.57 Å². The van der Waals surface area contributed by atoms with Crippen LogP contribution in [0.1, 0.15) is 19.7 Å². The van der Waals surface area contributed by atoms with Gasteiger partial charge in [0, 0.05) is 19.2 Å². The van der Waals surface area contributed by atoms with Gasteiger partial charge in [-0.2, -0.15) is 0 Å². The molecule has 0 unspecified atom stereocenters. The summed E-state index contributed by atoms with van der Waals surface area (Å²) in [7, 11) is 0. The maximum atomic E-state index is 13.7. The Labute approximate surface area is 122 Å². The molecule has 0 aliphatic heterocycles. The number of imidazole rings is 1. The van der Waals surface area contributed by atoms with E-state index in [1.807, 2.05) is 0 Å². The van der Waals surface area contributed by atoms with Gasteiger partial charge in [0.25, 0.3) is 0 Å². The first-order valence-corrected chi connectivity index (χ1v) is 7.26. The number of fused-ring (bicyclic) bond motifs is 1. The molecular weight excluding hydrogens is 284 g/mol. The van der Waals surface area contributed by atoms with Crippen LogP contribution >= 0.6 is 11.6 Å². The molecule has 1 aromatic heterocycles. The van der Waals surface area contributed by atoms with Gasteiger partial charge in [-0.25, -0.2) is 13.8 Å². The largest absolute Gasteiger partial charge is 0.326 e. The fourth-order valence-electron chi connectivity index (χ4n) is 2.33. The van der Waals surface area contributed by atoms with Crippen molar-refractivity contribution in [3.63, 3.8) is 0 Å². The van der Waals surface area contributed by atoms with Gasteiger partial charge in [-0.1, -0.05) is 13.8 Å². The summed E-state index contributed by atoms with van der Waals surface area (Å²) in [5.41, 5.74) is 0.645. The second-order valence-corrected chi connectivity index (χ2v) is 4.86. The first-order chi connectivity index (χ1) is 9.60. The quantitative estimate of drug-likeness (QED) is 0.763. The van der Waals surface area contributed by atoms with Crippen molar-refractivity contribution < 1.29 is 8.78 Å². The summed E-state index contributed by atoms with van der Waals surface area (Å²) < 4.78 is 28.9. The van der Waals surface area contributed by atoms with Crippen molar-refractivity contribution in [3.8, 4) is 0 Å². The Hall–Kier alpha value is -1.20. The summed E-state index contributed by atoms with van der Waals surface area (Å²) in [6.07, 6.45) is 0. The highest BCUT2D eigenvalue weighted by Gasteiger charge is 2.15. The average Bonchev–Trinajstić information content (AvgIpc) is 2.78. The van der Waals surface area contributed by atoms with Gasteiger partial charge in [0.15, 0.2) is 5.82 Å². The van der Waals surface area contributed by atoms with E-state index in [1.165, 1.54) is 6.07 Å². The van der Waals surface area contributed by atoms with Crippen LogP contribution in [0.3, 0.4) is 0 Å². The standard InChI is InChI=1S/C14H18ClF2N3/c1-3-19(4-2)5-6-20-12-8-10(16)7-11(17)14(12)18-13(20)9-15/h7-8H,3-6,9H2,1-2H3. The van der Waals surface area contributed by atoms with Crippen LogP contribution < -0.4 is 0 Å². The molecule has 0 bridgehead atoms. The highest BCUT2D eigenvalue weighted by Crippen LogP contribution is 2.22. The second-order valence-electron chi connectivity index (χ2n) is 4.60. The molecule has 0 N–H and O–H groups in total. The number of likely N-dealkylation sites (N-methyl/N-ethyl adjacent to an activating group) is 1. The predicted molar refractivity (Wildman–Crippen MR) is 77.0 cm³/mol. The maximum absolute atomic E-state index is 13.7. The first-order valence-electron chi connectivity index (χ1n) is 6.73. The molecule has 20 heavy (non-hydrogen) atoms. The molecule has 0 saturated heterocycles. The molecule has 1 aromatic carbocycles. The molecule has 110 valence electrons. The molecule has 0 spiro atoms. The molecule has 0 aliphatic carbocycles. The molecule has 0 amide bonds. The molecule has 0 atom stereocenters. The van der Waals surface area contributed by atoms with Crippen molar-refractivity contribution in [2.75, 3.05) is 19.6 Å². The zero-order valence-corrected chi connectivity index (χ0v) is 12.4. The molecule has 6 heteroatoms. The van der Waals surface area contributed by atoms with Gasteiger partial charge >= 0.3 is 0 Å². The number of nitrogens with zero attached hydrogens (tertiary/aromatic N) is 3. The van der Waals surface area contributed by atoms with E-state index < -0.39 is 11.6 Å². The third-order valence-corrected chi connectivity index (χ3v) is 3.74. The highest BCUT2D eigenvalue weighted by atomic mass is 35.5. The zero-order valence-electron chi connectivity index (χ0n) is 11.7. The van der Waals surface area contributed by atoms with Crippen molar-refractivity contribution in [3.05, 3.63) is 29.6 Å². The predicted octanol–water partition coefficient (Wildman–Crippen LogP) is 3.40. The molecule has 2 aromatic rings. The second kappa shape index (κ2) is 6.50. The molecule has 0 radical (unpaired) electrons. The Morgan fingerprint density at radius 3 is 2.55 bits per heavy atom. The van der Waals surface area contributed by atoms with E-state index >= 15 is 0 Å². The van der Waals surface area contributed by atoms with Gasteiger partial charge in [-0.05, 0) is 19.2 Å². The van der Waals surface area contributed by atoms with Crippen molar-refractivity contribution in [2.24, 2.45) is 0 Å². The molecule has 1 heterocycles. The lowest BCUT2D eigenvalue weighted by molar-refractivity contribution is 0.291. The van der Waals surface area contributed by atoms with Crippen LogP contribution in [-0.2, 0) is 12.4 Å². The van der Waals surface area contributed by atoms with Gasteiger partial charge < -0.3 is 9.47 Å². The summed E-state index contributed by atoms with van der Waals surface area (Å²) in [6.45, 7) is 7.43. The summed E-state index contributed by atoms with van der Waals surface area (Å²) in [5, 5.41) is 0. The summed E-state index contributed by atoms with van der Waals surface area (Å²) in [6, 6.07) is 2.16. The Morgan fingerprint density at radius 1 is 1.25 bits per heavy atom. The summed E-state index contributed by atoms with van der Waals surface area (Å²) >= 11 is 5.87. The topological polar surface area (TPSA) is 21.1 Å². The minimum absolute atomic E-state index is 0.175. The minimum Gasteiger partial charge on any atom is -0.326 e. The third-order valence-electron chi connectivity index (χ3n) is 3.51. The van der Waals surface area contributed by atoms with Gasteiger partial charge in [0.1, 0.15) is 17.2 Å². The van der Waals surface area contributed by atoms with E-state index in [-0.39, 0.29) is 11.4 Å². The monoisotopic (exact) mass is 301 g/mol. The summed E-state index contributed by atoms with van der Waals surface area (Å²) in [4.78, 5) is 6.41. The normalized spacial score (nSPS) is 11.7. The van der Waals surface area contributed by atoms with Crippen LogP contribution in [0.25, 0.3) is 11.0 Å². The fourth-order valence-corrected chi connectivity index (χ4v) is 2.53. The van der Waals surface area contributed by atoms with E-state index in [2.05, 4.69) is 23.7 Å². The average molecular weight is 302 g/mol. The SMILES string of the molecule is CCN(CC)CCn1c(CCl)nc2c(F)cc(F)cc21. The Kier molecular flexibility index (Phi) is 4.94. The van der Waals surface area contributed by atoms with Crippen molar-refractivity contribution in [2.45, 2.75) is 26.3 Å². The van der Waals surface area contributed by atoms with Crippen molar-refractivity contribution in [1.29, 1.82) is 0 Å². The number of rotatable bonds is 6. The van der Waals surface area contributed by atoms with Crippen molar-refractivity contribution in [1.82, 2.24) is 14.5 Å². The molecule has 0 saturated carbocycles. The number of benzene rings is 1. The van der Waals surface area contributed by atoms with Crippen LogP contribution in [-0.4, -0.2) is 34.1 Å². The molecular formula is C14H18ClF2N3. The van der Waals surface area contributed by atoms with Gasteiger partial charge in [-0.3, -0.25) is 0 Å². The number of hydrogen-bond acceptors (Lipinski definition) is 2.